The van der Waals surface area contributed by atoms with Crippen LogP contribution in [0.3, 0.4) is 0 Å². The van der Waals surface area contributed by atoms with Crippen LogP contribution in [-0.4, -0.2) is 48.5 Å². The van der Waals surface area contributed by atoms with Gasteiger partial charge in [-0.05, 0) is 29.0 Å². The van der Waals surface area contributed by atoms with Gasteiger partial charge in [-0.3, -0.25) is 9.69 Å². The topological polar surface area (TPSA) is 32.8 Å². The van der Waals surface area contributed by atoms with Crippen molar-refractivity contribution in [3.05, 3.63) is 57.8 Å². The number of carbonyl (C=O) groups is 1. The van der Waals surface area contributed by atoms with Crippen molar-refractivity contribution in [2.75, 3.05) is 32.8 Å². The van der Waals surface area contributed by atoms with Crippen LogP contribution < -0.4 is 0 Å². The van der Waals surface area contributed by atoms with Crippen molar-refractivity contribution in [3.8, 4) is 0 Å². The number of fused-ring (bicyclic) bond motifs is 1. The standard InChI is InChI=1S/C19H22N2O2S/c22-19(21-8-6-18-16(12-21)7-11-24-18)14-20-9-10-23-17(13-20)15-4-2-1-3-5-15/h1-5,7,11,17H,6,8-10,12-14H2/t17-/m0/s1. The third-order valence-electron chi connectivity index (χ3n) is 4.84. The van der Waals surface area contributed by atoms with Gasteiger partial charge >= 0.3 is 0 Å². The second-order valence-corrected chi connectivity index (χ2v) is 7.44. The van der Waals surface area contributed by atoms with Crippen LogP contribution in [0.4, 0.5) is 0 Å². The Bertz CT molecular complexity index is 700. The van der Waals surface area contributed by atoms with Gasteiger partial charge in [0.25, 0.3) is 0 Å². The lowest BCUT2D eigenvalue weighted by Crippen LogP contribution is -2.46. The van der Waals surface area contributed by atoms with E-state index in [2.05, 4.69) is 28.5 Å². The molecule has 5 heteroatoms. The summed E-state index contributed by atoms with van der Waals surface area (Å²) in [4.78, 5) is 18.4. The zero-order valence-electron chi connectivity index (χ0n) is 13.7. The Balaban J connectivity index is 1.36. The first-order chi connectivity index (χ1) is 11.8. The molecule has 1 saturated heterocycles. The Hall–Kier alpha value is -1.69. The number of rotatable bonds is 3. The van der Waals surface area contributed by atoms with Crippen molar-refractivity contribution < 1.29 is 9.53 Å². The van der Waals surface area contributed by atoms with Gasteiger partial charge in [-0.2, -0.15) is 0 Å². The molecule has 0 bridgehead atoms. The third-order valence-corrected chi connectivity index (χ3v) is 5.86. The van der Waals surface area contributed by atoms with Crippen molar-refractivity contribution in [2.45, 2.75) is 19.1 Å². The molecular weight excluding hydrogens is 320 g/mol. The van der Waals surface area contributed by atoms with Crippen molar-refractivity contribution in [2.24, 2.45) is 0 Å². The van der Waals surface area contributed by atoms with Gasteiger partial charge in [-0.15, -0.1) is 11.3 Å². The Kier molecular flexibility index (Phi) is 4.65. The maximum absolute atomic E-state index is 12.7. The number of amides is 1. The Morgan fingerprint density at radius 1 is 1.21 bits per heavy atom. The molecule has 2 aliphatic heterocycles. The van der Waals surface area contributed by atoms with Gasteiger partial charge in [0, 0.05) is 31.1 Å². The van der Waals surface area contributed by atoms with E-state index in [9.17, 15) is 4.79 Å². The average Bonchev–Trinajstić information content (AvgIpc) is 3.10. The van der Waals surface area contributed by atoms with Gasteiger partial charge < -0.3 is 9.64 Å². The van der Waals surface area contributed by atoms with Gasteiger partial charge in [-0.25, -0.2) is 0 Å². The molecule has 1 atom stereocenters. The number of carbonyl (C=O) groups excluding carboxylic acids is 1. The number of morpholine rings is 1. The monoisotopic (exact) mass is 342 g/mol. The molecule has 4 rings (SSSR count). The summed E-state index contributed by atoms with van der Waals surface area (Å²) in [5, 5.41) is 2.13. The van der Waals surface area contributed by atoms with Crippen LogP contribution >= 0.6 is 11.3 Å². The van der Waals surface area contributed by atoms with Crippen LogP contribution in [0.5, 0.6) is 0 Å². The molecule has 1 aromatic heterocycles. The SMILES string of the molecule is O=C(CN1CCO[C@H](c2ccccc2)C1)N1CCc2sccc2C1. The number of ether oxygens (including phenoxy) is 1. The van der Waals surface area contributed by atoms with Crippen LogP contribution in [0.25, 0.3) is 0 Å². The van der Waals surface area contributed by atoms with Crippen molar-refractivity contribution >= 4 is 17.2 Å². The van der Waals surface area contributed by atoms with Crippen molar-refractivity contribution in [1.82, 2.24) is 9.80 Å². The molecule has 0 aliphatic carbocycles. The van der Waals surface area contributed by atoms with Crippen LogP contribution in [0.1, 0.15) is 22.1 Å². The summed E-state index contributed by atoms with van der Waals surface area (Å²) in [6.45, 7) is 4.40. The first kappa shape index (κ1) is 15.8. The summed E-state index contributed by atoms with van der Waals surface area (Å²) in [5.41, 5.74) is 2.51. The maximum Gasteiger partial charge on any atom is 0.237 e. The number of nitrogens with zero attached hydrogens (tertiary/aromatic N) is 2. The van der Waals surface area contributed by atoms with Gasteiger partial charge in [0.05, 0.1) is 19.3 Å². The van der Waals surface area contributed by atoms with Gasteiger partial charge in [-0.1, -0.05) is 30.3 Å². The van der Waals surface area contributed by atoms with E-state index in [-0.39, 0.29) is 12.0 Å². The highest BCUT2D eigenvalue weighted by Crippen LogP contribution is 2.25. The lowest BCUT2D eigenvalue weighted by atomic mass is 10.1. The van der Waals surface area contributed by atoms with E-state index in [1.54, 1.807) is 0 Å². The number of benzene rings is 1. The highest BCUT2D eigenvalue weighted by Gasteiger charge is 2.27. The van der Waals surface area contributed by atoms with E-state index in [1.165, 1.54) is 16.0 Å². The first-order valence-corrected chi connectivity index (χ1v) is 9.39. The van der Waals surface area contributed by atoms with Crippen LogP contribution in [0.2, 0.25) is 0 Å². The van der Waals surface area contributed by atoms with Crippen LogP contribution in [0.15, 0.2) is 41.8 Å². The van der Waals surface area contributed by atoms with E-state index in [1.807, 2.05) is 34.4 Å². The van der Waals surface area contributed by atoms with E-state index in [0.29, 0.717) is 13.2 Å². The molecule has 0 spiro atoms. The minimum Gasteiger partial charge on any atom is -0.371 e. The average molecular weight is 342 g/mol. The first-order valence-electron chi connectivity index (χ1n) is 8.51. The second kappa shape index (κ2) is 7.05. The molecule has 1 amide bonds. The van der Waals surface area contributed by atoms with Crippen LogP contribution in [-0.2, 0) is 22.5 Å². The summed E-state index contributed by atoms with van der Waals surface area (Å²) >= 11 is 1.81. The lowest BCUT2D eigenvalue weighted by Gasteiger charge is -2.35. The molecule has 0 unspecified atom stereocenters. The minimum atomic E-state index is 0.0672. The fraction of sp³-hybridized carbons (Fsp3) is 0.421. The number of hydrogen-bond acceptors (Lipinski definition) is 4. The Morgan fingerprint density at radius 3 is 2.96 bits per heavy atom. The molecule has 0 radical (unpaired) electrons. The Labute approximate surface area is 146 Å². The zero-order valence-corrected chi connectivity index (χ0v) is 14.5. The van der Waals surface area contributed by atoms with Gasteiger partial charge in [0.2, 0.25) is 5.91 Å². The fourth-order valence-electron chi connectivity index (χ4n) is 3.47. The largest absolute Gasteiger partial charge is 0.371 e. The smallest absolute Gasteiger partial charge is 0.237 e. The molecule has 1 aromatic carbocycles. The summed E-state index contributed by atoms with van der Waals surface area (Å²) in [6, 6.07) is 12.4. The van der Waals surface area contributed by atoms with E-state index < -0.39 is 0 Å². The molecule has 3 heterocycles. The molecule has 2 aromatic rings. The molecule has 126 valence electrons. The van der Waals surface area contributed by atoms with E-state index >= 15 is 0 Å². The van der Waals surface area contributed by atoms with Crippen molar-refractivity contribution in [1.29, 1.82) is 0 Å². The van der Waals surface area contributed by atoms with Gasteiger partial charge in [0.1, 0.15) is 0 Å². The zero-order chi connectivity index (χ0) is 16.4. The van der Waals surface area contributed by atoms with Crippen LogP contribution in [0, 0.1) is 0 Å². The predicted octanol–water partition coefficient (Wildman–Crippen LogP) is 2.71. The highest BCUT2D eigenvalue weighted by molar-refractivity contribution is 7.10. The van der Waals surface area contributed by atoms with Gasteiger partial charge in [0.15, 0.2) is 0 Å². The van der Waals surface area contributed by atoms with Crippen molar-refractivity contribution in [3.63, 3.8) is 0 Å². The predicted molar refractivity (Wildman–Crippen MR) is 95.0 cm³/mol. The molecular formula is C19H22N2O2S. The summed E-state index contributed by atoms with van der Waals surface area (Å²) in [7, 11) is 0. The van der Waals surface area contributed by atoms with E-state index in [0.717, 1.165) is 32.6 Å². The molecule has 0 saturated carbocycles. The summed E-state index contributed by atoms with van der Waals surface area (Å²) in [6.07, 6.45) is 1.06. The summed E-state index contributed by atoms with van der Waals surface area (Å²) < 4.78 is 5.89. The maximum atomic E-state index is 12.7. The molecule has 1 fully saturated rings. The molecule has 2 aliphatic rings. The molecule has 4 nitrogen and oxygen atoms in total. The number of hydrogen-bond donors (Lipinski definition) is 0. The quantitative estimate of drug-likeness (QED) is 0.860. The highest BCUT2D eigenvalue weighted by atomic mass is 32.1. The normalized spacial score (nSPS) is 21.5. The Morgan fingerprint density at radius 2 is 2.08 bits per heavy atom. The lowest BCUT2D eigenvalue weighted by molar-refractivity contribution is -0.135. The molecule has 24 heavy (non-hydrogen) atoms. The third kappa shape index (κ3) is 3.38. The summed E-state index contributed by atoms with van der Waals surface area (Å²) in [5.74, 6) is 0.237. The fourth-order valence-corrected chi connectivity index (χ4v) is 4.36. The second-order valence-electron chi connectivity index (χ2n) is 6.44. The van der Waals surface area contributed by atoms with E-state index in [4.69, 9.17) is 4.74 Å². The molecule has 0 N–H and O–H groups in total. The number of thiophene rings is 1. The minimum absolute atomic E-state index is 0.0672.